The molecule has 4 aromatic rings. The highest BCUT2D eigenvalue weighted by Gasteiger charge is 2.26. The highest BCUT2D eigenvalue weighted by Crippen LogP contribution is 2.21. The van der Waals surface area contributed by atoms with Gasteiger partial charge in [0.2, 0.25) is 0 Å². The molecular formula is C37H44F2N6O2. The summed E-state index contributed by atoms with van der Waals surface area (Å²) in [7, 11) is 0. The van der Waals surface area contributed by atoms with Crippen molar-refractivity contribution in [3.63, 3.8) is 0 Å². The topological polar surface area (TPSA) is 73.8 Å². The van der Waals surface area contributed by atoms with Gasteiger partial charge < -0.3 is 15.0 Å². The van der Waals surface area contributed by atoms with E-state index in [4.69, 9.17) is 4.74 Å². The van der Waals surface area contributed by atoms with E-state index >= 15 is 0 Å². The molecule has 0 radical (unpaired) electrons. The number of carbonyl (C=O) groups excluding carboxylic acids is 1. The summed E-state index contributed by atoms with van der Waals surface area (Å²) in [6.45, 7) is 14.3. The van der Waals surface area contributed by atoms with E-state index in [0.717, 1.165) is 86.0 Å². The first-order valence-corrected chi connectivity index (χ1v) is 16.2. The number of amides is 1. The zero-order valence-electron chi connectivity index (χ0n) is 27.5. The molecule has 0 aliphatic carbocycles. The lowest BCUT2D eigenvalue weighted by Crippen LogP contribution is -2.49. The van der Waals surface area contributed by atoms with Gasteiger partial charge >= 0.3 is 6.09 Å². The first-order chi connectivity index (χ1) is 22.6. The summed E-state index contributed by atoms with van der Waals surface area (Å²) < 4.78 is 32.0. The summed E-state index contributed by atoms with van der Waals surface area (Å²) >= 11 is 0. The van der Waals surface area contributed by atoms with Gasteiger partial charge in [-0.05, 0) is 68.3 Å². The third-order valence-electron chi connectivity index (χ3n) is 7.97. The summed E-state index contributed by atoms with van der Waals surface area (Å²) in [5.41, 5.74) is 5.09. The Balaban J connectivity index is 0.000000193. The first-order valence-electron chi connectivity index (χ1n) is 16.2. The predicted octanol–water partition coefficient (Wildman–Crippen LogP) is 6.23. The fraction of sp³-hybridized carbons (Fsp3) is 0.378. The fourth-order valence-electron chi connectivity index (χ4n) is 5.46. The van der Waals surface area contributed by atoms with Gasteiger partial charge in [0.25, 0.3) is 0 Å². The van der Waals surface area contributed by atoms with E-state index in [1.165, 1.54) is 24.3 Å². The van der Waals surface area contributed by atoms with Crippen molar-refractivity contribution >= 4 is 6.09 Å². The number of ether oxygens (including phenoxy) is 1. The quantitative estimate of drug-likeness (QED) is 0.267. The van der Waals surface area contributed by atoms with Crippen LogP contribution in [0.15, 0.2) is 85.2 Å². The number of hydrogen-bond donors (Lipinski definition) is 1. The standard InChI is InChI=1S/C21H26FN3O2.C16H18FN3/c1-21(2,3)27-20(26)25-11-9-24(10-12-25)15-19-8-7-17(14-23-19)16-5-4-6-18(22)13-16;17-15-3-1-2-13(10-15)14-4-5-16(19-11-14)12-20-8-6-18-7-9-20/h4-8,13-14H,9-12,15H2,1-3H3;1-5,10-11,18H,6-9,12H2. The van der Waals surface area contributed by atoms with Gasteiger partial charge in [0.05, 0.1) is 11.4 Å². The van der Waals surface area contributed by atoms with E-state index < -0.39 is 5.60 Å². The van der Waals surface area contributed by atoms with Crippen molar-refractivity contribution in [2.75, 3.05) is 52.4 Å². The highest BCUT2D eigenvalue weighted by atomic mass is 19.1. The largest absolute Gasteiger partial charge is 0.444 e. The van der Waals surface area contributed by atoms with Crippen LogP contribution in [-0.4, -0.2) is 88.7 Å². The molecule has 0 spiro atoms. The minimum Gasteiger partial charge on any atom is -0.444 e. The zero-order valence-corrected chi connectivity index (χ0v) is 27.5. The van der Waals surface area contributed by atoms with Crippen molar-refractivity contribution in [3.05, 3.63) is 108 Å². The highest BCUT2D eigenvalue weighted by molar-refractivity contribution is 5.68. The van der Waals surface area contributed by atoms with Crippen LogP contribution in [-0.2, 0) is 17.8 Å². The predicted molar refractivity (Wildman–Crippen MR) is 180 cm³/mol. The third-order valence-corrected chi connectivity index (χ3v) is 7.97. The maximum atomic E-state index is 13.4. The lowest BCUT2D eigenvalue weighted by Gasteiger charge is -2.35. The number of nitrogens with zero attached hydrogens (tertiary/aromatic N) is 5. The Morgan fingerprint density at radius 2 is 1.19 bits per heavy atom. The number of rotatable bonds is 6. The summed E-state index contributed by atoms with van der Waals surface area (Å²) in [6, 6.07) is 21.1. The average molecular weight is 643 g/mol. The van der Waals surface area contributed by atoms with Gasteiger partial charge in [-0.2, -0.15) is 0 Å². The smallest absolute Gasteiger partial charge is 0.410 e. The minimum absolute atomic E-state index is 0.215. The number of carbonyl (C=O) groups is 1. The Hall–Kier alpha value is -4.25. The molecule has 248 valence electrons. The maximum Gasteiger partial charge on any atom is 0.410 e. The number of halogens is 2. The van der Waals surface area contributed by atoms with E-state index in [1.807, 2.05) is 63.4 Å². The van der Waals surface area contributed by atoms with Crippen molar-refractivity contribution in [2.45, 2.75) is 39.5 Å². The Bertz CT molecular complexity index is 1580. The van der Waals surface area contributed by atoms with Gasteiger partial charge in [0.1, 0.15) is 17.2 Å². The second-order valence-electron chi connectivity index (χ2n) is 12.9. The fourth-order valence-corrected chi connectivity index (χ4v) is 5.46. The zero-order chi connectivity index (χ0) is 33.2. The second kappa shape index (κ2) is 16.0. The van der Waals surface area contributed by atoms with Gasteiger partial charge in [-0.1, -0.05) is 36.4 Å². The van der Waals surface area contributed by atoms with Gasteiger partial charge in [-0.25, -0.2) is 13.6 Å². The number of nitrogens with one attached hydrogen (secondary N) is 1. The molecule has 4 heterocycles. The van der Waals surface area contributed by atoms with Crippen molar-refractivity contribution in [2.24, 2.45) is 0 Å². The number of hydrogen-bond acceptors (Lipinski definition) is 7. The van der Waals surface area contributed by atoms with Gasteiger partial charge in [-0.3, -0.25) is 19.8 Å². The van der Waals surface area contributed by atoms with Crippen molar-refractivity contribution < 1.29 is 18.3 Å². The Labute approximate surface area is 276 Å². The van der Waals surface area contributed by atoms with Crippen molar-refractivity contribution in [1.82, 2.24) is 30.0 Å². The van der Waals surface area contributed by atoms with Crippen LogP contribution in [0.1, 0.15) is 32.2 Å². The number of benzene rings is 2. The normalized spacial score (nSPS) is 15.9. The van der Waals surface area contributed by atoms with Crippen LogP contribution in [0.25, 0.3) is 22.3 Å². The van der Waals surface area contributed by atoms with E-state index in [0.29, 0.717) is 13.1 Å². The molecular weight excluding hydrogens is 598 g/mol. The average Bonchev–Trinajstić information content (AvgIpc) is 3.06. The lowest BCUT2D eigenvalue weighted by molar-refractivity contribution is 0.0138. The molecule has 2 aliphatic rings. The minimum atomic E-state index is -0.471. The van der Waals surface area contributed by atoms with Crippen molar-refractivity contribution in [1.29, 1.82) is 0 Å². The number of aromatic nitrogens is 2. The SMILES string of the molecule is CC(C)(C)OC(=O)N1CCN(Cc2ccc(-c3cccc(F)c3)cn2)CC1.Fc1cccc(-c2ccc(CN3CCNCC3)nc2)c1. The molecule has 1 N–H and O–H groups in total. The molecule has 2 fully saturated rings. The molecule has 0 atom stereocenters. The van der Waals surface area contributed by atoms with Crippen LogP contribution in [0.3, 0.4) is 0 Å². The maximum absolute atomic E-state index is 13.4. The monoisotopic (exact) mass is 642 g/mol. The molecule has 2 aromatic carbocycles. The number of pyridine rings is 2. The molecule has 10 heteroatoms. The molecule has 6 rings (SSSR count). The summed E-state index contributed by atoms with van der Waals surface area (Å²) in [6.07, 6.45) is 3.35. The molecule has 1 amide bonds. The van der Waals surface area contributed by atoms with E-state index in [1.54, 1.807) is 23.2 Å². The van der Waals surface area contributed by atoms with Crippen LogP contribution in [0.4, 0.5) is 13.6 Å². The molecule has 2 aliphatic heterocycles. The van der Waals surface area contributed by atoms with E-state index in [-0.39, 0.29) is 17.7 Å². The third kappa shape index (κ3) is 10.6. The van der Waals surface area contributed by atoms with Crippen LogP contribution >= 0.6 is 0 Å². The number of piperazine rings is 2. The summed E-state index contributed by atoms with van der Waals surface area (Å²) in [4.78, 5) is 27.5. The van der Waals surface area contributed by atoms with Gasteiger partial charge in [0.15, 0.2) is 0 Å². The van der Waals surface area contributed by atoms with Crippen LogP contribution in [0.2, 0.25) is 0 Å². The second-order valence-corrected chi connectivity index (χ2v) is 12.9. The first kappa shape index (κ1) is 34.1. The Kier molecular flexibility index (Phi) is 11.6. The lowest BCUT2D eigenvalue weighted by atomic mass is 10.1. The molecule has 8 nitrogen and oxygen atoms in total. The van der Waals surface area contributed by atoms with E-state index in [9.17, 15) is 13.6 Å². The van der Waals surface area contributed by atoms with Crippen LogP contribution in [0, 0.1) is 11.6 Å². The molecule has 0 saturated carbocycles. The molecule has 0 bridgehead atoms. The van der Waals surface area contributed by atoms with Gasteiger partial charge in [-0.15, -0.1) is 0 Å². The van der Waals surface area contributed by atoms with E-state index in [2.05, 4.69) is 25.1 Å². The summed E-state index contributed by atoms with van der Waals surface area (Å²) in [5, 5.41) is 3.34. The Morgan fingerprint density at radius 1 is 0.702 bits per heavy atom. The molecule has 2 aromatic heterocycles. The van der Waals surface area contributed by atoms with Crippen LogP contribution < -0.4 is 5.32 Å². The molecule has 47 heavy (non-hydrogen) atoms. The molecule has 0 unspecified atom stereocenters. The van der Waals surface area contributed by atoms with Crippen LogP contribution in [0.5, 0.6) is 0 Å². The van der Waals surface area contributed by atoms with Gasteiger partial charge in [0, 0.05) is 89.0 Å². The molecule has 2 saturated heterocycles. The Morgan fingerprint density at radius 3 is 1.62 bits per heavy atom. The summed E-state index contributed by atoms with van der Waals surface area (Å²) in [5.74, 6) is -0.466. The van der Waals surface area contributed by atoms with Crippen molar-refractivity contribution in [3.8, 4) is 22.3 Å².